The Morgan fingerprint density at radius 2 is 2.22 bits per heavy atom. The van der Waals surface area contributed by atoms with Crippen LogP contribution in [0.15, 0.2) is 12.1 Å². The first-order valence-corrected chi connectivity index (χ1v) is 8.20. The van der Waals surface area contributed by atoms with E-state index in [9.17, 15) is 0 Å². The van der Waals surface area contributed by atoms with Crippen LogP contribution in [0.3, 0.4) is 0 Å². The molecule has 3 unspecified atom stereocenters. The number of hydrogen-bond acceptors (Lipinski definition) is 3. The molecule has 3 rings (SSSR count). The summed E-state index contributed by atoms with van der Waals surface area (Å²) in [5, 5.41) is 7.34. The fourth-order valence-electron chi connectivity index (χ4n) is 3.58. The van der Waals surface area contributed by atoms with Crippen molar-refractivity contribution >= 4 is 11.3 Å². The van der Waals surface area contributed by atoms with Gasteiger partial charge in [0, 0.05) is 28.9 Å². The van der Waals surface area contributed by atoms with Gasteiger partial charge in [0.05, 0.1) is 0 Å². The highest BCUT2D eigenvalue weighted by Crippen LogP contribution is 2.37. The molecule has 3 atom stereocenters. The van der Waals surface area contributed by atoms with Crippen molar-refractivity contribution in [2.75, 3.05) is 13.1 Å². The van der Waals surface area contributed by atoms with Gasteiger partial charge in [0.1, 0.15) is 0 Å². The van der Waals surface area contributed by atoms with E-state index in [4.69, 9.17) is 0 Å². The van der Waals surface area contributed by atoms with Crippen LogP contribution in [-0.4, -0.2) is 19.1 Å². The van der Waals surface area contributed by atoms with Gasteiger partial charge in [0.25, 0.3) is 0 Å². The lowest BCUT2D eigenvalue weighted by molar-refractivity contribution is 0.393. The minimum Gasteiger partial charge on any atom is -0.312 e. The van der Waals surface area contributed by atoms with Crippen LogP contribution in [0.1, 0.15) is 35.9 Å². The molecule has 2 fully saturated rings. The van der Waals surface area contributed by atoms with Gasteiger partial charge in [0.2, 0.25) is 0 Å². The fraction of sp³-hybridized carbons (Fsp3) is 0.733. The largest absolute Gasteiger partial charge is 0.312 e. The number of nitrogens with one attached hydrogen (secondary N) is 2. The molecule has 1 saturated carbocycles. The van der Waals surface area contributed by atoms with E-state index in [0.717, 1.165) is 31.0 Å². The molecule has 0 bridgehead atoms. The molecule has 3 heteroatoms. The molecule has 0 radical (unpaired) electrons. The van der Waals surface area contributed by atoms with Crippen molar-refractivity contribution in [2.24, 2.45) is 11.8 Å². The van der Waals surface area contributed by atoms with Crippen LogP contribution in [0.4, 0.5) is 0 Å². The first kappa shape index (κ1) is 12.6. The molecule has 2 nitrogen and oxygen atoms in total. The Kier molecular flexibility index (Phi) is 4.02. The average molecular weight is 264 g/mol. The second kappa shape index (κ2) is 5.72. The lowest BCUT2D eigenvalue weighted by Crippen LogP contribution is -2.37. The summed E-state index contributed by atoms with van der Waals surface area (Å²) >= 11 is 1.95. The Bertz CT molecular complexity index is 388. The molecule has 0 amide bonds. The minimum absolute atomic E-state index is 0.725. The monoisotopic (exact) mass is 264 g/mol. The van der Waals surface area contributed by atoms with E-state index in [1.165, 1.54) is 42.0 Å². The van der Waals surface area contributed by atoms with Crippen LogP contribution in [0.25, 0.3) is 0 Å². The van der Waals surface area contributed by atoms with Gasteiger partial charge in [-0.2, -0.15) is 0 Å². The Labute approximate surface area is 114 Å². The molecule has 100 valence electrons. The van der Waals surface area contributed by atoms with Crippen LogP contribution in [-0.2, 0) is 13.0 Å². The van der Waals surface area contributed by atoms with Gasteiger partial charge < -0.3 is 10.6 Å². The SMILES string of the molecule is CCc1ccc(CNCC2NCC3CCCC32)s1. The van der Waals surface area contributed by atoms with Gasteiger partial charge in [-0.3, -0.25) is 0 Å². The molecule has 1 aromatic rings. The van der Waals surface area contributed by atoms with E-state index < -0.39 is 0 Å². The molecule has 0 spiro atoms. The molecule has 2 aliphatic rings. The Hall–Kier alpha value is -0.380. The lowest BCUT2D eigenvalue weighted by atomic mass is 9.94. The quantitative estimate of drug-likeness (QED) is 0.854. The normalized spacial score (nSPS) is 30.8. The molecular formula is C15H24N2S. The maximum atomic E-state index is 3.70. The van der Waals surface area contributed by atoms with Crippen LogP contribution in [0.2, 0.25) is 0 Å². The minimum atomic E-state index is 0.725. The number of rotatable bonds is 5. The third-order valence-corrected chi connectivity index (χ3v) is 5.84. The Morgan fingerprint density at radius 1 is 1.33 bits per heavy atom. The van der Waals surface area contributed by atoms with E-state index in [-0.39, 0.29) is 0 Å². The number of aryl methyl sites for hydroxylation is 1. The van der Waals surface area contributed by atoms with Crippen molar-refractivity contribution < 1.29 is 0 Å². The van der Waals surface area contributed by atoms with Crippen molar-refractivity contribution in [1.29, 1.82) is 0 Å². The highest BCUT2D eigenvalue weighted by molar-refractivity contribution is 7.11. The van der Waals surface area contributed by atoms with E-state index in [1.807, 2.05) is 11.3 Å². The third-order valence-electron chi connectivity index (χ3n) is 4.61. The average Bonchev–Trinajstić information content (AvgIpc) is 3.06. The van der Waals surface area contributed by atoms with Crippen molar-refractivity contribution in [3.05, 3.63) is 21.9 Å². The zero-order chi connectivity index (χ0) is 12.4. The predicted octanol–water partition coefficient (Wildman–Crippen LogP) is 2.79. The fourth-order valence-corrected chi connectivity index (χ4v) is 4.51. The van der Waals surface area contributed by atoms with Crippen molar-refractivity contribution in [3.63, 3.8) is 0 Å². The highest BCUT2D eigenvalue weighted by atomic mass is 32.1. The predicted molar refractivity (Wildman–Crippen MR) is 78.0 cm³/mol. The maximum absolute atomic E-state index is 3.70. The first-order chi connectivity index (χ1) is 8.86. The van der Waals surface area contributed by atoms with Gasteiger partial charge in [-0.25, -0.2) is 0 Å². The van der Waals surface area contributed by atoms with E-state index >= 15 is 0 Å². The summed E-state index contributed by atoms with van der Waals surface area (Å²) in [6, 6.07) is 5.27. The molecule has 2 N–H and O–H groups in total. The summed E-state index contributed by atoms with van der Waals surface area (Å²) in [5.41, 5.74) is 0. The van der Waals surface area contributed by atoms with E-state index in [1.54, 1.807) is 0 Å². The summed E-state index contributed by atoms with van der Waals surface area (Å²) < 4.78 is 0. The number of fused-ring (bicyclic) bond motifs is 1. The van der Waals surface area contributed by atoms with Crippen molar-refractivity contribution in [1.82, 2.24) is 10.6 Å². The summed E-state index contributed by atoms with van der Waals surface area (Å²) in [6.07, 6.45) is 5.53. The van der Waals surface area contributed by atoms with Gasteiger partial charge >= 0.3 is 0 Å². The smallest absolute Gasteiger partial charge is 0.0300 e. The van der Waals surface area contributed by atoms with Crippen LogP contribution in [0.5, 0.6) is 0 Å². The molecule has 18 heavy (non-hydrogen) atoms. The molecule has 1 aliphatic carbocycles. The van der Waals surface area contributed by atoms with Gasteiger partial charge in [0.15, 0.2) is 0 Å². The zero-order valence-corrected chi connectivity index (χ0v) is 12.1. The first-order valence-electron chi connectivity index (χ1n) is 7.38. The maximum Gasteiger partial charge on any atom is 0.0300 e. The van der Waals surface area contributed by atoms with Gasteiger partial charge in [-0.05, 0) is 49.8 Å². The van der Waals surface area contributed by atoms with Crippen molar-refractivity contribution in [3.8, 4) is 0 Å². The second-order valence-corrected chi connectivity index (χ2v) is 6.97. The number of hydrogen-bond donors (Lipinski definition) is 2. The number of thiophene rings is 1. The van der Waals surface area contributed by atoms with Gasteiger partial charge in [-0.1, -0.05) is 13.3 Å². The van der Waals surface area contributed by atoms with Crippen LogP contribution < -0.4 is 10.6 Å². The van der Waals surface area contributed by atoms with Crippen LogP contribution >= 0.6 is 11.3 Å². The Balaban J connectivity index is 1.44. The summed E-state index contributed by atoms with van der Waals surface area (Å²) in [7, 11) is 0. The molecule has 1 aliphatic heterocycles. The lowest BCUT2D eigenvalue weighted by Gasteiger charge is -2.18. The Morgan fingerprint density at radius 3 is 3.06 bits per heavy atom. The molecule has 0 aromatic carbocycles. The standard InChI is InChI=1S/C15H24N2S/c1-2-12-6-7-13(18-12)9-16-10-15-14-5-3-4-11(14)8-17-15/h6-7,11,14-17H,2-5,8-10H2,1H3. The summed E-state index contributed by atoms with van der Waals surface area (Å²) in [5.74, 6) is 1.93. The molecular weight excluding hydrogens is 240 g/mol. The summed E-state index contributed by atoms with van der Waals surface area (Å²) in [4.78, 5) is 2.98. The molecule has 2 heterocycles. The van der Waals surface area contributed by atoms with Gasteiger partial charge in [-0.15, -0.1) is 11.3 Å². The third kappa shape index (κ3) is 2.63. The van der Waals surface area contributed by atoms with Crippen LogP contribution in [0, 0.1) is 11.8 Å². The summed E-state index contributed by atoms with van der Waals surface area (Å²) in [6.45, 7) is 5.67. The molecule has 1 aromatic heterocycles. The van der Waals surface area contributed by atoms with E-state index in [2.05, 4.69) is 29.7 Å². The van der Waals surface area contributed by atoms with E-state index in [0.29, 0.717) is 0 Å². The topological polar surface area (TPSA) is 24.1 Å². The molecule has 1 saturated heterocycles. The highest BCUT2D eigenvalue weighted by Gasteiger charge is 2.38. The second-order valence-electron chi connectivity index (χ2n) is 5.72. The van der Waals surface area contributed by atoms with Crippen molar-refractivity contribution in [2.45, 2.75) is 45.2 Å². The zero-order valence-electron chi connectivity index (χ0n) is 11.2.